The summed E-state index contributed by atoms with van der Waals surface area (Å²) in [7, 11) is 0. The van der Waals surface area contributed by atoms with Crippen molar-refractivity contribution in [1.82, 2.24) is 25.3 Å². The highest BCUT2D eigenvalue weighted by atomic mass is 35.5. The van der Waals surface area contributed by atoms with Crippen molar-refractivity contribution >= 4 is 29.1 Å². The Bertz CT molecular complexity index is 1010. The van der Waals surface area contributed by atoms with Crippen molar-refractivity contribution < 1.29 is 9.32 Å². The molecule has 9 heteroatoms. The molecule has 4 rings (SSSR count). The Morgan fingerprint density at radius 3 is 2.97 bits per heavy atom. The normalized spacial score (nSPS) is 17.1. The molecular weight excluding hydrogens is 425 g/mol. The van der Waals surface area contributed by atoms with E-state index in [9.17, 15) is 4.79 Å². The van der Waals surface area contributed by atoms with Gasteiger partial charge in [-0.1, -0.05) is 34.4 Å². The monoisotopic (exact) mass is 445 g/mol. The van der Waals surface area contributed by atoms with Crippen LogP contribution in [0.5, 0.6) is 0 Å². The number of pyridine rings is 1. The largest absolute Gasteiger partial charge is 0.350 e. The number of hydrogen-bond donors (Lipinski definition) is 1. The second kappa shape index (κ2) is 9.55. The molecule has 1 amide bonds. The number of likely N-dealkylation sites (tertiary alicyclic amines) is 1. The Morgan fingerprint density at radius 2 is 2.17 bits per heavy atom. The maximum atomic E-state index is 12.6. The third kappa shape index (κ3) is 5.16. The fourth-order valence-corrected chi connectivity index (χ4v) is 4.02. The second-order valence-electron chi connectivity index (χ2n) is 7.25. The van der Waals surface area contributed by atoms with E-state index in [1.54, 1.807) is 24.4 Å². The molecule has 7 nitrogen and oxygen atoms in total. The van der Waals surface area contributed by atoms with Crippen molar-refractivity contribution in [2.24, 2.45) is 5.92 Å². The van der Waals surface area contributed by atoms with Gasteiger partial charge < -0.3 is 9.84 Å². The molecule has 0 spiro atoms. The lowest BCUT2D eigenvalue weighted by Crippen LogP contribution is -2.42. The van der Waals surface area contributed by atoms with Crippen LogP contribution in [-0.4, -0.2) is 39.0 Å². The maximum absolute atomic E-state index is 12.6. The van der Waals surface area contributed by atoms with E-state index in [0.29, 0.717) is 47.0 Å². The third-order valence-electron chi connectivity index (χ3n) is 5.05. The van der Waals surface area contributed by atoms with Gasteiger partial charge in [-0.3, -0.25) is 14.7 Å². The van der Waals surface area contributed by atoms with E-state index >= 15 is 0 Å². The zero-order chi connectivity index (χ0) is 20.9. The van der Waals surface area contributed by atoms with Crippen LogP contribution >= 0.6 is 23.2 Å². The number of hydrogen-bond acceptors (Lipinski definition) is 6. The average molecular weight is 446 g/mol. The van der Waals surface area contributed by atoms with Gasteiger partial charge in [0, 0.05) is 23.3 Å². The molecule has 1 aliphatic heterocycles. The Hall–Kier alpha value is -2.48. The number of rotatable bonds is 6. The van der Waals surface area contributed by atoms with E-state index in [1.807, 2.05) is 18.2 Å². The van der Waals surface area contributed by atoms with Gasteiger partial charge in [0.2, 0.25) is 17.6 Å². The second-order valence-corrected chi connectivity index (χ2v) is 8.09. The molecule has 2 aromatic heterocycles. The number of carbonyl (C=O) groups is 1. The first-order chi connectivity index (χ1) is 14.6. The van der Waals surface area contributed by atoms with Crippen molar-refractivity contribution in [1.29, 1.82) is 0 Å². The predicted octanol–water partition coefficient (Wildman–Crippen LogP) is 3.97. The summed E-state index contributed by atoms with van der Waals surface area (Å²) in [6.07, 6.45) is 3.52. The molecule has 0 radical (unpaired) electrons. The topological polar surface area (TPSA) is 84.2 Å². The highest BCUT2D eigenvalue weighted by Crippen LogP contribution is 2.28. The summed E-state index contributed by atoms with van der Waals surface area (Å²) in [5.74, 6) is 0.888. The summed E-state index contributed by atoms with van der Waals surface area (Å²) in [4.78, 5) is 23.4. The molecular formula is C21H21Cl2N5O2. The van der Waals surface area contributed by atoms with Crippen molar-refractivity contribution in [3.63, 3.8) is 0 Å². The Kier molecular flexibility index (Phi) is 6.62. The first-order valence-corrected chi connectivity index (χ1v) is 10.5. The number of amides is 1. The predicted molar refractivity (Wildman–Crippen MR) is 114 cm³/mol. The number of piperidine rings is 1. The van der Waals surface area contributed by atoms with E-state index in [0.717, 1.165) is 25.1 Å². The fraction of sp³-hybridized carbons (Fsp3) is 0.333. The van der Waals surface area contributed by atoms with Crippen LogP contribution in [0.1, 0.15) is 24.4 Å². The maximum Gasteiger partial charge on any atom is 0.241 e. The van der Waals surface area contributed by atoms with Crippen LogP contribution in [0, 0.1) is 5.92 Å². The van der Waals surface area contributed by atoms with Gasteiger partial charge in [0.15, 0.2) is 0 Å². The summed E-state index contributed by atoms with van der Waals surface area (Å²) in [5, 5.41) is 8.04. The smallest absolute Gasteiger partial charge is 0.241 e. The van der Waals surface area contributed by atoms with Gasteiger partial charge in [-0.25, -0.2) is 0 Å². The van der Waals surface area contributed by atoms with Gasteiger partial charge in [-0.15, -0.1) is 0 Å². The first-order valence-electron chi connectivity index (χ1n) is 9.76. The highest BCUT2D eigenvalue weighted by Gasteiger charge is 2.27. The molecule has 156 valence electrons. The lowest BCUT2D eigenvalue weighted by Gasteiger charge is -2.30. The van der Waals surface area contributed by atoms with Gasteiger partial charge in [-0.05, 0) is 49.7 Å². The average Bonchev–Trinajstić information content (AvgIpc) is 3.21. The SMILES string of the molecule is O=C(NCc1ccccn1)C1CCCN(Cc2nc(-c3ccc(Cl)cc3Cl)no2)C1. The van der Waals surface area contributed by atoms with Gasteiger partial charge in [0.25, 0.3) is 0 Å². The molecule has 1 unspecified atom stereocenters. The van der Waals surface area contributed by atoms with Crippen LogP contribution in [0.3, 0.4) is 0 Å². The lowest BCUT2D eigenvalue weighted by atomic mass is 9.97. The van der Waals surface area contributed by atoms with Gasteiger partial charge in [-0.2, -0.15) is 4.98 Å². The van der Waals surface area contributed by atoms with E-state index < -0.39 is 0 Å². The van der Waals surface area contributed by atoms with Gasteiger partial charge in [0.05, 0.1) is 29.7 Å². The molecule has 30 heavy (non-hydrogen) atoms. The summed E-state index contributed by atoms with van der Waals surface area (Å²) < 4.78 is 5.40. The van der Waals surface area contributed by atoms with Crippen LogP contribution in [-0.2, 0) is 17.9 Å². The molecule has 1 atom stereocenters. The summed E-state index contributed by atoms with van der Waals surface area (Å²) >= 11 is 12.2. The number of carbonyl (C=O) groups excluding carboxylic acids is 1. The fourth-order valence-electron chi connectivity index (χ4n) is 3.53. The molecule has 0 aliphatic carbocycles. The first kappa shape index (κ1) is 20.8. The van der Waals surface area contributed by atoms with E-state index in [-0.39, 0.29) is 11.8 Å². The van der Waals surface area contributed by atoms with Crippen molar-refractivity contribution in [3.8, 4) is 11.4 Å². The van der Waals surface area contributed by atoms with Crippen LogP contribution in [0.2, 0.25) is 10.0 Å². The highest BCUT2D eigenvalue weighted by molar-refractivity contribution is 6.36. The number of nitrogens with one attached hydrogen (secondary N) is 1. The number of benzene rings is 1. The molecule has 3 aromatic rings. The molecule has 1 aromatic carbocycles. The van der Waals surface area contributed by atoms with Gasteiger partial charge >= 0.3 is 0 Å². The third-order valence-corrected chi connectivity index (χ3v) is 5.59. The van der Waals surface area contributed by atoms with E-state index in [1.165, 1.54) is 0 Å². The lowest BCUT2D eigenvalue weighted by molar-refractivity contribution is -0.127. The minimum atomic E-state index is -0.0736. The summed E-state index contributed by atoms with van der Waals surface area (Å²) in [6, 6.07) is 10.8. The standard InChI is InChI=1S/C21H21Cl2N5O2/c22-15-6-7-17(18(23)10-15)20-26-19(30-27-20)13-28-9-3-4-14(12-28)21(29)25-11-16-5-1-2-8-24-16/h1-2,5-8,10,14H,3-4,9,11-13H2,(H,25,29). The Labute approximate surface area is 184 Å². The number of nitrogens with zero attached hydrogens (tertiary/aromatic N) is 4. The molecule has 1 saturated heterocycles. The van der Waals surface area contributed by atoms with Crippen LogP contribution < -0.4 is 5.32 Å². The van der Waals surface area contributed by atoms with E-state index in [2.05, 4.69) is 25.3 Å². The summed E-state index contributed by atoms with van der Waals surface area (Å²) in [6.45, 7) is 2.45. The molecule has 3 heterocycles. The molecule has 0 bridgehead atoms. The molecule has 1 N–H and O–H groups in total. The van der Waals surface area contributed by atoms with Crippen LogP contribution in [0.25, 0.3) is 11.4 Å². The van der Waals surface area contributed by atoms with E-state index in [4.69, 9.17) is 27.7 Å². The quantitative estimate of drug-likeness (QED) is 0.617. The summed E-state index contributed by atoms with van der Waals surface area (Å²) in [5.41, 5.74) is 1.51. The van der Waals surface area contributed by atoms with Crippen molar-refractivity contribution in [3.05, 3.63) is 64.2 Å². The number of halogens is 2. The number of aromatic nitrogens is 3. The van der Waals surface area contributed by atoms with Gasteiger partial charge in [0.1, 0.15) is 0 Å². The zero-order valence-electron chi connectivity index (χ0n) is 16.2. The van der Waals surface area contributed by atoms with Crippen LogP contribution in [0.15, 0.2) is 47.1 Å². The molecule has 1 fully saturated rings. The van der Waals surface area contributed by atoms with Crippen molar-refractivity contribution in [2.75, 3.05) is 13.1 Å². The Morgan fingerprint density at radius 1 is 1.27 bits per heavy atom. The van der Waals surface area contributed by atoms with Crippen molar-refractivity contribution in [2.45, 2.75) is 25.9 Å². The zero-order valence-corrected chi connectivity index (χ0v) is 17.7. The minimum Gasteiger partial charge on any atom is -0.350 e. The minimum absolute atomic E-state index is 0.0458. The van der Waals surface area contributed by atoms with Crippen LogP contribution in [0.4, 0.5) is 0 Å². The molecule has 1 aliphatic rings. The Balaban J connectivity index is 1.34. The molecule has 0 saturated carbocycles.